The van der Waals surface area contributed by atoms with Crippen molar-refractivity contribution in [3.63, 3.8) is 0 Å². The maximum absolute atomic E-state index is 10.3. The molecule has 0 aliphatic heterocycles. The van der Waals surface area contributed by atoms with Crippen LogP contribution in [0.5, 0.6) is 0 Å². The molecule has 0 aliphatic carbocycles. The van der Waals surface area contributed by atoms with E-state index < -0.39 is 23.3 Å². The first-order valence-corrected chi connectivity index (χ1v) is 2.73. The van der Waals surface area contributed by atoms with Crippen LogP contribution in [0.3, 0.4) is 0 Å². The van der Waals surface area contributed by atoms with Crippen LogP contribution in [-0.2, 0) is 14.4 Å². The predicted octanol–water partition coefficient (Wildman–Crippen LogP) is -0.587. The number of carboxylic acids is 3. The zero-order chi connectivity index (χ0) is 9.94. The van der Waals surface area contributed by atoms with Crippen LogP contribution < -0.4 is 0 Å². The minimum Gasteiger partial charge on any atom is -0.480 e. The Morgan fingerprint density at radius 1 is 1.00 bits per heavy atom. The van der Waals surface area contributed by atoms with Crippen molar-refractivity contribution in [2.24, 2.45) is 5.41 Å². The molecule has 0 spiro atoms. The molecule has 0 amide bonds. The quantitative estimate of drug-likeness (QED) is 0.388. The average molecular weight is 174 g/mol. The van der Waals surface area contributed by atoms with Gasteiger partial charge in [-0.2, -0.15) is 0 Å². The SMILES string of the molecule is C=CC(C(=O)O)(C(=O)O)C(=O)O. The van der Waals surface area contributed by atoms with Gasteiger partial charge in [-0.25, -0.2) is 0 Å². The van der Waals surface area contributed by atoms with Gasteiger partial charge < -0.3 is 15.3 Å². The van der Waals surface area contributed by atoms with Gasteiger partial charge >= 0.3 is 17.9 Å². The van der Waals surface area contributed by atoms with Crippen LogP contribution in [0, 0.1) is 5.41 Å². The van der Waals surface area contributed by atoms with Gasteiger partial charge in [-0.1, -0.05) is 6.08 Å². The summed E-state index contributed by atoms with van der Waals surface area (Å²) >= 11 is 0. The molecule has 0 aromatic rings. The highest BCUT2D eigenvalue weighted by molar-refractivity contribution is 6.18. The van der Waals surface area contributed by atoms with Gasteiger partial charge in [-0.3, -0.25) is 14.4 Å². The van der Waals surface area contributed by atoms with Crippen molar-refractivity contribution < 1.29 is 29.7 Å². The molecule has 0 aliphatic rings. The highest BCUT2D eigenvalue weighted by Crippen LogP contribution is 2.19. The van der Waals surface area contributed by atoms with Crippen LogP contribution >= 0.6 is 0 Å². The minimum absolute atomic E-state index is 0.361. The standard InChI is InChI=1S/C6H6O6/c1-2-6(3(7)8,4(9)10)5(11)12/h2H,1H2,(H,7,8)(H,9,10)(H,11,12). The number of carboxylic acid groups (broad SMARTS) is 3. The zero-order valence-corrected chi connectivity index (χ0v) is 5.85. The van der Waals surface area contributed by atoms with E-state index in [1.165, 1.54) is 0 Å². The van der Waals surface area contributed by atoms with E-state index in [1.807, 2.05) is 0 Å². The molecule has 0 saturated heterocycles. The molecule has 0 bridgehead atoms. The fraction of sp³-hybridized carbons (Fsp3) is 0.167. The van der Waals surface area contributed by atoms with Crippen LogP contribution in [0.1, 0.15) is 0 Å². The predicted molar refractivity (Wildman–Crippen MR) is 35.5 cm³/mol. The molecule has 0 unspecified atom stereocenters. The van der Waals surface area contributed by atoms with Crippen molar-refractivity contribution in [3.8, 4) is 0 Å². The molecular weight excluding hydrogens is 168 g/mol. The molecule has 0 atom stereocenters. The van der Waals surface area contributed by atoms with Gasteiger partial charge in [0.1, 0.15) is 0 Å². The number of rotatable bonds is 4. The Morgan fingerprint density at radius 2 is 1.25 bits per heavy atom. The summed E-state index contributed by atoms with van der Waals surface area (Å²) in [6.45, 7) is 2.85. The normalized spacial score (nSPS) is 10.3. The smallest absolute Gasteiger partial charge is 0.336 e. The van der Waals surface area contributed by atoms with Crippen LogP contribution in [0.4, 0.5) is 0 Å². The second-order valence-corrected chi connectivity index (χ2v) is 1.93. The second kappa shape index (κ2) is 3.04. The lowest BCUT2D eigenvalue weighted by Gasteiger charge is -2.13. The lowest BCUT2D eigenvalue weighted by Crippen LogP contribution is -2.44. The molecule has 6 nitrogen and oxygen atoms in total. The molecule has 0 heterocycles. The Morgan fingerprint density at radius 3 is 1.25 bits per heavy atom. The van der Waals surface area contributed by atoms with Gasteiger partial charge in [0.15, 0.2) is 0 Å². The molecular formula is C6H6O6. The fourth-order valence-electron chi connectivity index (χ4n) is 0.536. The summed E-state index contributed by atoms with van der Waals surface area (Å²) < 4.78 is 0. The van der Waals surface area contributed by atoms with Gasteiger partial charge in [-0.05, 0) is 0 Å². The van der Waals surface area contributed by atoms with Crippen LogP contribution in [-0.4, -0.2) is 33.2 Å². The van der Waals surface area contributed by atoms with Crippen molar-refractivity contribution >= 4 is 17.9 Å². The van der Waals surface area contributed by atoms with Crippen molar-refractivity contribution in [3.05, 3.63) is 12.7 Å². The zero-order valence-electron chi connectivity index (χ0n) is 5.85. The monoisotopic (exact) mass is 174 g/mol. The van der Waals surface area contributed by atoms with Crippen molar-refractivity contribution in [2.45, 2.75) is 0 Å². The highest BCUT2D eigenvalue weighted by atomic mass is 16.4. The Balaban J connectivity index is 5.33. The topological polar surface area (TPSA) is 112 Å². The average Bonchev–Trinajstić information content (AvgIpc) is 1.86. The molecule has 0 radical (unpaired) electrons. The second-order valence-electron chi connectivity index (χ2n) is 1.93. The molecule has 6 heteroatoms. The van der Waals surface area contributed by atoms with E-state index in [4.69, 9.17) is 15.3 Å². The van der Waals surface area contributed by atoms with Crippen molar-refractivity contribution in [1.29, 1.82) is 0 Å². The lowest BCUT2D eigenvalue weighted by atomic mass is 9.89. The first-order chi connectivity index (χ1) is 5.39. The maximum atomic E-state index is 10.3. The Kier molecular flexibility index (Phi) is 2.57. The molecule has 3 N–H and O–H groups in total. The summed E-state index contributed by atoms with van der Waals surface area (Å²) in [5, 5.41) is 25.0. The van der Waals surface area contributed by atoms with E-state index >= 15 is 0 Å². The molecule has 0 aromatic carbocycles. The van der Waals surface area contributed by atoms with Crippen LogP contribution in [0.15, 0.2) is 12.7 Å². The number of hydrogen-bond donors (Lipinski definition) is 3. The van der Waals surface area contributed by atoms with E-state index in [1.54, 1.807) is 0 Å². The van der Waals surface area contributed by atoms with E-state index in [9.17, 15) is 14.4 Å². The lowest BCUT2D eigenvalue weighted by molar-refractivity contribution is -0.171. The summed E-state index contributed by atoms with van der Waals surface area (Å²) in [6.07, 6.45) is 0.361. The third-order valence-electron chi connectivity index (χ3n) is 1.32. The molecule has 66 valence electrons. The van der Waals surface area contributed by atoms with Crippen molar-refractivity contribution in [1.82, 2.24) is 0 Å². The van der Waals surface area contributed by atoms with Crippen LogP contribution in [0.2, 0.25) is 0 Å². The van der Waals surface area contributed by atoms with E-state index in [-0.39, 0.29) is 0 Å². The number of aliphatic carboxylic acids is 3. The first kappa shape index (κ1) is 10.2. The Bertz CT molecular complexity index is 217. The van der Waals surface area contributed by atoms with E-state index in [0.717, 1.165) is 0 Å². The molecule has 0 fully saturated rings. The molecule has 0 rings (SSSR count). The Labute approximate surface area is 66.7 Å². The maximum Gasteiger partial charge on any atom is 0.336 e. The Hall–Kier alpha value is -1.85. The first-order valence-electron chi connectivity index (χ1n) is 2.73. The summed E-state index contributed by atoms with van der Waals surface area (Å²) in [6, 6.07) is 0. The third kappa shape index (κ3) is 1.14. The summed E-state index contributed by atoms with van der Waals surface area (Å²) in [5.41, 5.74) is -2.94. The summed E-state index contributed by atoms with van der Waals surface area (Å²) in [5.74, 6) is -5.92. The minimum atomic E-state index is -2.94. The van der Waals surface area contributed by atoms with Crippen LogP contribution in [0.25, 0.3) is 0 Å². The molecule has 0 aromatic heterocycles. The number of carbonyl (C=O) groups is 3. The number of hydrogen-bond acceptors (Lipinski definition) is 3. The van der Waals surface area contributed by atoms with Gasteiger partial charge in [0, 0.05) is 0 Å². The third-order valence-corrected chi connectivity index (χ3v) is 1.32. The van der Waals surface area contributed by atoms with Crippen molar-refractivity contribution in [2.75, 3.05) is 0 Å². The molecule has 12 heavy (non-hydrogen) atoms. The summed E-state index contributed by atoms with van der Waals surface area (Å²) in [4.78, 5) is 30.9. The fourth-order valence-corrected chi connectivity index (χ4v) is 0.536. The van der Waals surface area contributed by atoms with Gasteiger partial charge in [0.05, 0.1) is 0 Å². The van der Waals surface area contributed by atoms with E-state index in [0.29, 0.717) is 6.08 Å². The molecule has 0 saturated carbocycles. The summed E-state index contributed by atoms with van der Waals surface area (Å²) in [7, 11) is 0. The largest absolute Gasteiger partial charge is 0.480 e. The highest BCUT2D eigenvalue weighted by Gasteiger charge is 2.51. The van der Waals surface area contributed by atoms with Gasteiger partial charge in [-0.15, -0.1) is 6.58 Å². The van der Waals surface area contributed by atoms with Gasteiger partial charge in [0.25, 0.3) is 5.41 Å². The van der Waals surface area contributed by atoms with Gasteiger partial charge in [0.2, 0.25) is 0 Å². The van der Waals surface area contributed by atoms with E-state index in [2.05, 4.69) is 6.58 Å².